The number of piperidine rings is 1. The lowest BCUT2D eigenvalue weighted by atomic mass is 9.96. The van der Waals surface area contributed by atoms with E-state index >= 15 is 0 Å². The molecule has 1 aromatic carbocycles. The van der Waals surface area contributed by atoms with E-state index in [1.54, 1.807) is 0 Å². The summed E-state index contributed by atoms with van der Waals surface area (Å²) in [6.07, 6.45) is -3.14. The molecule has 3 rings (SSSR count). The second-order valence-electron chi connectivity index (χ2n) is 5.72. The standard InChI is InChI=1S/C15H17F3N2O/c16-15(17,18)11-5-3-7-20(9-11)14(21)13-8-10-4-1-2-6-12(10)19-13/h1-2,4,6,11,13,19H,3,5,7-9H2/t11-,13+/m1/s1. The number of carbonyl (C=O) groups excluding carboxylic acids is 1. The summed E-state index contributed by atoms with van der Waals surface area (Å²) in [5, 5.41) is 3.11. The Bertz CT molecular complexity index is 519. The molecular weight excluding hydrogens is 281 g/mol. The highest BCUT2D eigenvalue weighted by atomic mass is 19.4. The van der Waals surface area contributed by atoms with Crippen LogP contribution in [0.25, 0.3) is 0 Å². The third-order valence-corrected chi connectivity index (χ3v) is 4.27. The van der Waals surface area contributed by atoms with E-state index in [9.17, 15) is 18.0 Å². The van der Waals surface area contributed by atoms with E-state index in [0.29, 0.717) is 19.4 Å². The molecule has 0 radical (unpaired) electrons. The maximum absolute atomic E-state index is 12.8. The van der Waals surface area contributed by atoms with Crippen LogP contribution in [0.1, 0.15) is 18.4 Å². The van der Waals surface area contributed by atoms with Gasteiger partial charge in [0.2, 0.25) is 5.91 Å². The van der Waals surface area contributed by atoms with Crippen LogP contribution in [0.15, 0.2) is 24.3 Å². The molecular formula is C15H17F3N2O. The number of fused-ring (bicyclic) bond motifs is 1. The first-order valence-electron chi connectivity index (χ1n) is 7.15. The number of anilines is 1. The van der Waals surface area contributed by atoms with Crippen LogP contribution in [0, 0.1) is 5.92 Å². The monoisotopic (exact) mass is 298 g/mol. The van der Waals surface area contributed by atoms with Crippen molar-refractivity contribution in [3.63, 3.8) is 0 Å². The second-order valence-corrected chi connectivity index (χ2v) is 5.72. The summed E-state index contributed by atoms with van der Waals surface area (Å²) < 4.78 is 38.5. The highest BCUT2D eigenvalue weighted by molar-refractivity contribution is 5.87. The van der Waals surface area contributed by atoms with Gasteiger partial charge in [-0.3, -0.25) is 4.79 Å². The Balaban J connectivity index is 1.67. The summed E-state index contributed by atoms with van der Waals surface area (Å²) in [7, 11) is 0. The number of likely N-dealkylation sites (tertiary alicyclic amines) is 1. The van der Waals surface area contributed by atoms with Crippen molar-refractivity contribution in [2.45, 2.75) is 31.5 Å². The maximum atomic E-state index is 12.8. The van der Waals surface area contributed by atoms with Gasteiger partial charge in [0.1, 0.15) is 6.04 Å². The molecule has 0 spiro atoms. The second kappa shape index (κ2) is 5.24. The fourth-order valence-electron chi connectivity index (χ4n) is 3.11. The van der Waals surface area contributed by atoms with Crippen molar-refractivity contribution in [1.29, 1.82) is 0 Å². The van der Waals surface area contributed by atoms with Gasteiger partial charge in [0, 0.05) is 25.2 Å². The molecule has 0 aliphatic carbocycles. The van der Waals surface area contributed by atoms with Crippen molar-refractivity contribution in [3.8, 4) is 0 Å². The van der Waals surface area contributed by atoms with E-state index in [1.165, 1.54) is 4.90 Å². The summed E-state index contributed by atoms with van der Waals surface area (Å²) in [5.41, 5.74) is 1.94. The van der Waals surface area contributed by atoms with Crippen LogP contribution < -0.4 is 5.32 Å². The zero-order valence-corrected chi connectivity index (χ0v) is 11.5. The quantitative estimate of drug-likeness (QED) is 0.864. The highest BCUT2D eigenvalue weighted by Gasteiger charge is 2.43. The molecule has 6 heteroatoms. The summed E-state index contributed by atoms with van der Waals surface area (Å²) in [4.78, 5) is 13.8. The van der Waals surface area contributed by atoms with E-state index in [4.69, 9.17) is 0 Å². The van der Waals surface area contributed by atoms with Gasteiger partial charge in [-0.25, -0.2) is 0 Å². The molecule has 2 heterocycles. The van der Waals surface area contributed by atoms with E-state index < -0.39 is 18.1 Å². The lowest BCUT2D eigenvalue weighted by Crippen LogP contribution is -2.49. The summed E-state index contributed by atoms with van der Waals surface area (Å²) in [6.45, 7) is 0.205. The van der Waals surface area contributed by atoms with Gasteiger partial charge in [-0.15, -0.1) is 0 Å². The van der Waals surface area contributed by atoms with Gasteiger partial charge in [-0.05, 0) is 24.5 Å². The molecule has 0 unspecified atom stereocenters. The molecule has 21 heavy (non-hydrogen) atoms. The Hall–Kier alpha value is -1.72. The van der Waals surface area contributed by atoms with Crippen molar-refractivity contribution in [2.75, 3.05) is 18.4 Å². The molecule has 0 aromatic heterocycles. The predicted molar refractivity (Wildman–Crippen MR) is 72.9 cm³/mol. The third-order valence-electron chi connectivity index (χ3n) is 4.27. The lowest BCUT2D eigenvalue weighted by molar-refractivity contribution is -0.188. The molecule has 1 fully saturated rings. The Morgan fingerprint density at radius 3 is 2.76 bits per heavy atom. The number of hydrogen-bond donors (Lipinski definition) is 1. The van der Waals surface area contributed by atoms with E-state index in [2.05, 4.69) is 5.32 Å². The van der Waals surface area contributed by atoms with Gasteiger partial charge in [-0.1, -0.05) is 18.2 Å². The molecule has 2 aliphatic rings. The van der Waals surface area contributed by atoms with Gasteiger partial charge in [0.05, 0.1) is 5.92 Å². The van der Waals surface area contributed by atoms with Crippen LogP contribution in [0.2, 0.25) is 0 Å². The molecule has 1 N–H and O–H groups in total. The maximum Gasteiger partial charge on any atom is 0.393 e. The van der Waals surface area contributed by atoms with Crippen LogP contribution in [0.3, 0.4) is 0 Å². The predicted octanol–water partition coefficient (Wildman–Crippen LogP) is 2.82. The lowest BCUT2D eigenvalue weighted by Gasteiger charge is -2.35. The average Bonchev–Trinajstić information content (AvgIpc) is 2.89. The van der Waals surface area contributed by atoms with Gasteiger partial charge < -0.3 is 10.2 Å². The van der Waals surface area contributed by atoms with Gasteiger partial charge in [-0.2, -0.15) is 13.2 Å². The summed E-state index contributed by atoms with van der Waals surface area (Å²) in [6, 6.07) is 7.16. The molecule has 0 bridgehead atoms. The number of hydrogen-bond acceptors (Lipinski definition) is 2. The smallest absolute Gasteiger partial charge is 0.373 e. The van der Waals surface area contributed by atoms with Crippen LogP contribution >= 0.6 is 0 Å². The minimum Gasteiger partial charge on any atom is -0.373 e. The zero-order chi connectivity index (χ0) is 15.0. The fraction of sp³-hybridized carbons (Fsp3) is 0.533. The number of para-hydroxylation sites is 1. The number of nitrogens with zero attached hydrogens (tertiary/aromatic N) is 1. The van der Waals surface area contributed by atoms with E-state index in [-0.39, 0.29) is 18.9 Å². The SMILES string of the molecule is O=C([C@@H]1Cc2ccccc2N1)N1CCC[C@@H](C(F)(F)F)C1. The molecule has 2 aliphatic heterocycles. The zero-order valence-electron chi connectivity index (χ0n) is 11.5. The van der Waals surface area contributed by atoms with Gasteiger partial charge >= 0.3 is 6.18 Å². The number of carbonyl (C=O) groups is 1. The molecule has 3 nitrogen and oxygen atoms in total. The Kier molecular flexibility index (Phi) is 3.55. The van der Waals surface area contributed by atoms with Crippen molar-refractivity contribution in [3.05, 3.63) is 29.8 Å². The third kappa shape index (κ3) is 2.84. The van der Waals surface area contributed by atoms with Gasteiger partial charge in [0.25, 0.3) is 0 Å². The van der Waals surface area contributed by atoms with Crippen LogP contribution in [0.4, 0.5) is 18.9 Å². The fourth-order valence-corrected chi connectivity index (χ4v) is 3.11. The van der Waals surface area contributed by atoms with Crippen LogP contribution in [-0.4, -0.2) is 36.1 Å². The van der Waals surface area contributed by atoms with E-state index in [1.807, 2.05) is 24.3 Å². The Morgan fingerprint density at radius 2 is 2.05 bits per heavy atom. The van der Waals surface area contributed by atoms with Crippen molar-refractivity contribution < 1.29 is 18.0 Å². The van der Waals surface area contributed by atoms with Crippen LogP contribution in [-0.2, 0) is 11.2 Å². The first-order valence-corrected chi connectivity index (χ1v) is 7.15. The molecule has 1 saturated heterocycles. The largest absolute Gasteiger partial charge is 0.393 e. The van der Waals surface area contributed by atoms with Crippen LogP contribution in [0.5, 0.6) is 0 Å². The minimum absolute atomic E-state index is 0.117. The molecule has 114 valence electrons. The highest BCUT2D eigenvalue weighted by Crippen LogP contribution is 2.34. The minimum atomic E-state index is -4.22. The summed E-state index contributed by atoms with van der Waals surface area (Å²) >= 11 is 0. The molecule has 1 amide bonds. The number of amides is 1. The van der Waals surface area contributed by atoms with Crippen molar-refractivity contribution in [2.24, 2.45) is 5.92 Å². The van der Waals surface area contributed by atoms with Crippen molar-refractivity contribution in [1.82, 2.24) is 4.90 Å². The first-order chi connectivity index (χ1) is 9.95. The molecule has 2 atom stereocenters. The molecule has 0 saturated carbocycles. The topological polar surface area (TPSA) is 32.3 Å². The average molecular weight is 298 g/mol. The van der Waals surface area contributed by atoms with E-state index in [0.717, 1.165) is 11.3 Å². The first kappa shape index (κ1) is 14.2. The Labute approximate surface area is 121 Å². The normalized spacial score (nSPS) is 25.4. The summed E-state index contributed by atoms with van der Waals surface area (Å²) in [5.74, 6) is -1.61. The number of halogens is 3. The number of nitrogens with one attached hydrogen (secondary N) is 1. The number of rotatable bonds is 1. The Morgan fingerprint density at radius 1 is 1.29 bits per heavy atom. The van der Waals surface area contributed by atoms with Gasteiger partial charge in [0.15, 0.2) is 0 Å². The number of alkyl halides is 3. The van der Waals surface area contributed by atoms with Crippen molar-refractivity contribution >= 4 is 11.6 Å². The number of benzene rings is 1. The molecule has 1 aromatic rings.